The predicted molar refractivity (Wildman–Crippen MR) is 57.4 cm³/mol. The van der Waals surface area contributed by atoms with Crippen molar-refractivity contribution < 1.29 is 14.5 Å². The van der Waals surface area contributed by atoms with Gasteiger partial charge in [-0.05, 0) is 22.9 Å². The fourth-order valence-electron chi connectivity index (χ4n) is 1.18. The molecule has 0 atom stereocenters. The summed E-state index contributed by atoms with van der Waals surface area (Å²) in [4.78, 5) is 21.2. The van der Waals surface area contributed by atoms with Gasteiger partial charge < -0.3 is 4.74 Å². The van der Waals surface area contributed by atoms with Crippen molar-refractivity contribution >= 4 is 27.4 Å². The van der Waals surface area contributed by atoms with Crippen LogP contribution < -0.4 is 4.74 Å². The Bertz CT molecular complexity index is 430. The van der Waals surface area contributed by atoms with Gasteiger partial charge in [0.25, 0.3) is 5.69 Å². The van der Waals surface area contributed by atoms with Crippen molar-refractivity contribution in [3.63, 3.8) is 0 Å². The largest absolute Gasteiger partial charge is 0.496 e. The second kappa shape index (κ2) is 4.39. The molecule has 0 N–H and O–H groups in total. The standard InChI is InChI=1S/C9H8BrNO4/c1-5(12)9-7(10)3-6(11(13)14)4-8(9)15-2/h3-4H,1-2H3. The number of non-ortho nitro benzene ring substituents is 1. The van der Waals surface area contributed by atoms with Crippen LogP contribution in [0.2, 0.25) is 0 Å². The van der Waals surface area contributed by atoms with Crippen molar-refractivity contribution in [1.82, 2.24) is 0 Å². The zero-order valence-electron chi connectivity index (χ0n) is 8.11. The Labute approximate surface area is 94.3 Å². The first kappa shape index (κ1) is 11.6. The maximum atomic E-state index is 11.2. The number of rotatable bonds is 3. The Morgan fingerprint density at radius 1 is 1.53 bits per heavy atom. The van der Waals surface area contributed by atoms with Crippen LogP contribution in [0, 0.1) is 10.1 Å². The average molecular weight is 274 g/mol. The molecule has 0 aliphatic heterocycles. The van der Waals surface area contributed by atoms with Gasteiger partial charge in [-0.3, -0.25) is 14.9 Å². The molecule has 15 heavy (non-hydrogen) atoms. The summed E-state index contributed by atoms with van der Waals surface area (Å²) in [6.45, 7) is 1.37. The summed E-state index contributed by atoms with van der Waals surface area (Å²) < 4.78 is 5.29. The van der Waals surface area contributed by atoms with Gasteiger partial charge in [-0.2, -0.15) is 0 Å². The maximum absolute atomic E-state index is 11.2. The molecule has 0 spiro atoms. The van der Waals surface area contributed by atoms with E-state index in [2.05, 4.69) is 15.9 Å². The van der Waals surface area contributed by atoms with Gasteiger partial charge in [-0.1, -0.05) is 0 Å². The summed E-state index contributed by atoms with van der Waals surface area (Å²) >= 11 is 3.10. The van der Waals surface area contributed by atoms with E-state index >= 15 is 0 Å². The molecule has 1 aromatic carbocycles. The second-order valence-corrected chi connectivity index (χ2v) is 3.67. The minimum atomic E-state index is -0.544. The smallest absolute Gasteiger partial charge is 0.274 e. The van der Waals surface area contributed by atoms with Crippen molar-refractivity contribution in [2.75, 3.05) is 7.11 Å². The van der Waals surface area contributed by atoms with E-state index in [4.69, 9.17) is 4.74 Å². The lowest BCUT2D eigenvalue weighted by atomic mass is 10.1. The van der Waals surface area contributed by atoms with Crippen LogP contribution in [0.4, 0.5) is 5.69 Å². The van der Waals surface area contributed by atoms with Crippen LogP contribution in [0.15, 0.2) is 16.6 Å². The van der Waals surface area contributed by atoms with Gasteiger partial charge in [-0.15, -0.1) is 0 Å². The van der Waals surface area contributed by atoms with E-state index in [0.717, 1.165) is 0 Å². The van der Waals surface area contributed by atoms with Gasteiger partial charge >= 0.3 is 0 Å². The first-order valence-electron chi connectivity index (χ1n) is 4.00. The Kier molecular flexibility index (Phi) is 3.41. The molecule has 0 saturated heterocycles. The number of Topliss-reactive ketones (excluding diaryl/α,β-unsaturated/α-hetero) is 1. The van der Waals surface area contributed by atoms with Gasteiger partial charge in [0, 0.05) is 10.5 Å². The van der Waals surface area contributed by atoms with Gasteiger partial charge in [0.2, 0.25) is 0 Å². The molecule has 0 aliphatic carbocycles. The summed E-state index contributed by atoms with van der Waals surface area (Å²) in [6, 6.07) is 2.50. The van der Waals surface area contributed by atoms with Crippen LogP contribution >= 0.6 is 15.9 Å². The molecule has 0 bridgehead atoms. The quantitative estimate of drug-likeness (QED) is 0.482. The lowest BCUT2D eigenvalue weighted by molar-refractivity contribution is -0.385. The lowest BCUT2D eigenvalue weighted by Crippen LogP contribution is -2.00. The average Bonchev–Trinajstić information content (AvgIpc) is 2.15. The van der Waals surface area contributed by atoms with Crippen LogP contribution in [0.25, 0.3) is 0 Å². The molecular formula is C9H8BrNO4. The number of hydrogen-bond donors (Lipinski definition) is 0. The van der Waals surface area contributed by atoms with Crippen molar-refractivity contribution in [3.8, 4) is 5.75 Å². The van der Waals surface area contributed by atoms with E-state index < -0.39 is 4.92 Å². The number of nitro benzene ring substituents is 1. The van der Waals surface area contributed by atoms with Crippen molar-refractivity contribution in [3.05, 3.63) is 32.3 Å². The molecule has 0 aliphatic rings. The van der Waals surface area contributed by atoms with Crippen molar-refractivity contribution in [1.29, 1.82) is 0 Å². The van der Waals surface area contributed by atoms with Gasteiger partial charge in [0.05, 0.1) is 23.7 Å². The summed E-state index contributed by atoms with van der Waals surface area (Å²) in [5, 5.41) is 10.5. The third kappa shape index (κ3) is 2.33. The third-order valence-corrected chi connectivity index (χ3v) is 2.45. The van der Waals surface area contributed by atoms with Crippen molar-refractivity contribution in [2.45, 2.75) is 6.92 Å². The highest BCUT2D eigenvalue weighted by molar-refractivity contribution is 9.10. The number of carbonyl (C=O) groups excluding carboxylic acids is 1. The lowest BCUT2D eigenvalue weighted by Gasteiger charge is -2.07. The summed E-state index contributed by atoms with van der Waals surface area (Å²) in [5.74, 6) is -0.0165. The highest BCUT2D eigenvalue weighted by Gasteiger charge is 2.18. The van der Waals surface area contributed by atoms with Gasteiger partial charge in [0.15, 0.2) is 5.78 Å². The molecule has 0 radical (unpaired) electrons. The van der Waals surface area contributed by atoms with E-state index in [1.807, 2.05) is 0 Å². The second-order valence-electron chi connectivity index (χ2n) is 2.82. The Balaban J connectivity index is 3.43. The number of halogens is 1. The topological polar surface area (TPSA) is 69.4 Å². The monoisotopic (exact) mass is 273 g/mol. The molecule has 0 heterocycles. The summed E-state index contributed by atoms with van der Waals surface area (Å²) in [6.07, 6.45) is 0. The molecule has 1 rings (SSSR count). The molecule has 1 aromatic rings. The van der Waals surface area contributed by atoms with E-state index in [0.29, 0.717) is 10.0 Å². The fourth-order valence-corrected chi connectivity index (χ4v) is 1.89. The number of ether oxygens (including phenoxy) is 1. The molecule has 6 heteroatoms. The molecule has 5 nitrogen and oxygen atoms in total. The molecule has 0 aromatic heterocycles. The first-order chi connectivity index (χ1) is 6.97. The predicted octanol–water partition coefficient (Wildman–Crippen LogP) is 2.57. The summed E-state index contributed by atoms with van der Waals surface area (Å²) in [5.41, 5.74) is 0.187. The number of hydrogen-bond acceptors (Lipinski definition) is 4. The third-order valence-electron chi connectivity index (χ3n) is 1.82. The van der Waals surface area contributed by atoms with Gasteiger partial charge in [-0.25, -0.2) is 0 Å². The number of methoxy groups -OCH3 is 1. The van der Waals surface area contributed by atoms with Crippen LogP contribution in [0.1, 0.15) is 17.3 Å². The number of nitro groups is 1. The van der Waals surface area contributed by atoms with Crippen LogP contribution in [-0.4, -0.2) is 17.8 Å². The maximum Gasteiger partial charge on any atom is 0.274 e. The zero-order valence-corrected chi connectivity index (χ0v) is 9.70. The van der Waals surface area contributed by atoms with Crippen LogP contribution in [0.3, 0.4) is 0 Å². The van der Waals surface area contributed by atoms with Crippen molar-refractivity contribution in [2.24, 2.45) is 0 Å². The molecular weight excluding hydrogens is 266 g/mol. The highest BCUT2D eigenvalue weighted by atomic mass is 79.9. The van der Waals surface area contributed by atoms with Crippen LogP contribution in [-0.2, 0) is 0 Å². The fraction of sp³-hybridized carbons (Fsp3) is 0.222. The van der Waals surface area contributed by atoms with E-state index in [1.165, 1.54) is 26.2 Å². The minimum absolute atomic E-state index is 0.122. The first-order valence-corrected chi connectivity index (χ1v) is 4.79. The zero-order chi connectivity index (χ0) is 11.6. The molecule has 0 unspecified atom stereocenters. The van der Waals surface area contributed by atoms with E-state index in [9.17, 15) is 14.9 Å². The number of benzene rings is 1. The normalized spacial score (nSPS) is 9.80. The molecule has 0 amide bonds. The summed E-state index contributed by atoms with van der Waals surface area (Å²) in [7, 11) is 1.36. The van der Waals surface area contributed by atoms with E-state index in [1.54, 1.807) is 0 Å². The van der Waals surface area contributed by atoms with Crippen LogP contribution in [0.5, 0.6) is 5.75 Å². The Hall–Kier alpha value is -1.43. The Morgan fingerprint density at radius 2 is 2.13 bits per heavy atom. The molecule has 0 fully saturated rings. The molecule has 0 saturated carbocycles. The van der Waals surface area contributed by atoms with E-state index in [-0.39, 0.29) is 17.2 Å². The molecule has 80 valence electrons. The Morgan fingerprint density at radius 3 is 2.53 bits per heavy atom. The number of nitrogens with zero attached hydrogens (tertiary/aromatic N) is 1. The number of ketones is 1. The minimum Gasteiger partial charge on any atom is -0.496 e. The number of carbonyl (C=O) groups is 1. The van der Waals surface area contributed by atoms with Gasteiger partial charge in [0.1, 0.15) is 5.75 Å². The highest BCUT2D eigenvalue weighted by Crippen LogP contribution is 2.32. The SMILES string of the molecule is COc1cc([N+](=O)[O-])cc(Br)c1C(C)=O.